The van der Waals surface area contributed by atoms with Gasteiger partial charge in [-0.25, -0.2) is 4.99 Å². The van der Waals surface area contributed by atoms with Crippen LogP contribution in [0.4, 0.5) is 0 Å². The van der Waals surface area contributed by atoms with Crippen LogP contribution in [0.3, 0.4) is 0 Å². The molecule has 0 aliphatic heterocycles. The van der Waals surface area contributed by atoms with E-state index in [1.165, 1.54) is 12.0 Å². The number of nitrogens with one attached hydrogen (secondary N) is 2. The molecule has 1 heterocycles. The fourth-order valence-corrected chi connectivity index (χ4v) is 2.80. The zero-order valence-electron chi connectivity index (χ0n) is 13.2. The van der Waals surface area contributed by atoms with Crippen LogP contribution in [-0.2, 0) is 13.6 Å². The molecule has 1 saturated carbocycles. The molecule has 1 fully saturated rings. The molecular formula is C16H28N4O. The van der Waals surface area contributed by atoms with Gasteiger partial charge in [0.2, 0.25) is 0 Å². The van der Waals surface area contributed by atoms with Gasteiger partial charge in [0.25, 0.3) is 0 Å². The van der Waals surface area contributed by atoms with Crippen molar-refractivity contribution < 1.29 is 5.11 Å². The summed E-state index contributed by atoms with van der Waals surface area (Å²) in [6.45, 7) is 4.09. The first kappa shape index (κ1) is 15.9. The Morgan fingerprint density at radius 3 is 2.71 bits per heavy atom. The molecule has 5 heteroatoms. The second-order valence-electron chi connectivity index (χ2n) is 6.02. The van der Waals surface area contributed by atoms with E-state index in [0.717, 1.165) is 38.2 Å². The first-order valence-corrected chi connectivity index (χ1v) is 7.97. The number of aryl methyl sites for hydroxylation is 1. The van der Waals surface area contributed by atoms with E-state index in [1.54, 1.807) is 0 Å². The zero-order valence-corrected chi connectivity index (χ0v) is 13.2. The quantitative estimate of drug-likeness (QED) is 0.572. The lowest BCUT2D eigenvalue weighted by Crippen LogP contribution is -2.48. The number of aliphatic hydroxyl groups is 1. The molecule has 0 radical (unpaired) electrons. The van der Waals surface area contributed by atoms with E-state index in [-0.39, 0.29) is 0 Å². The van der Waals surface area contributed by atoms with Crippen LogP contribution < -0.4 is 10.6 Å². The van der Waals surface area contributed by atoms with Gasteiger partial charge < -0.3 is 20.3 Å². The summed E-state index contributed by atoms with van der Waals surface area (Å²) in [6.07, 6.45) is 9.35. The normalized spacial score (nSPS) is 18.5. The summed E-state index contributed by atoms with van der Waals surface area (Å²) in [5.41, 5.74) is 0.618. The second-order valence-corrected chi connectivity index (χ2v) is 6.02. The molecule has 118 valence electrons. The SMILES string of the molecule is CCNC(=NCc1ccn(C)c1)NCC1(O)CCCCC1. The highest BCUT2D eigenvalue weighted by Gasteiger charge is 2.29. The van der Waals surface area contributed by atoms with Crippen LogP contribution in [0.25, 0.3) is 0 Å². The molecule has 0 saturated heterocycles. The molecule has 0 bridgehead atoms. The Morgan fingerprint density at radius 2 is 2.10 bits per heavy atom. The van der Waals surface area contributed by atoms with Crippen molar-refractivity contribution in [2.24, 2.45) is 12.0 Å². The Labute approximate surface area is 127 Å². The van der Waals surface area contributed by atoms with Crippen molar-refractivity contribution in [3.63, 3.8) is 0 Å². The lowest BCUT2D eigenvalue weighted by molar-refractivity contribution is 0.00859. The van der Waals surface area contributed by atoms with Gasteiger partial charge in [-0.05, 0) is 31.4 Å². The van der Waals surface area contributed by atoms with Gasteiger partial charge in [-0.2, -0.15) is 0 Å². The van der Waals surface area contributed by atoms with E-state index < -0.39 is 5.60 Å². The van der Waals surface area contributed by atoms with Crippen molar-refractivity contribution >= 4 is 5.96 Å². The number of hydrogen-bond acceptors (Lipinski definition) is 2. The predicted octanol–water partition coefficient (Wildman–Crippen LogP) is 1.78. The van der Waals surface area contributed by atoms with Crippen LogP contribution in [0.15, 0.2) is 23.5 Å². The van der Waals surface area contributed by atoms with Gasteiger partial charge in [-0.3, -0.25) is 0 Å². The van der Waals surface area contributed by atoms with Gasteiger partial charge in [0.05, 0.1) is 12.1 Å². The van der Waals surface area contributed by atoms with Crippen LogP contribution in [0.1, 0.15) is 44.6 Å². The summed E-state index contributed by atoms with van der Waals surface area (Å²) in [5, 5.41) is 17.1. The Kier molecular flexibility index (Phi) is 5.67. The average molecular weight is 292 g/mol. The maximum atomic E-state index is 10.5. The Morgan fingerprint density at radius 1 is 1.33 bits per heavy atom. The summed E-state index contributed by atoms with van der Waals surface area (Å²) in [7, 11) is 2.01. The molecular weight excluding hydrogens is 264 g/mol. The van der Waals surface area contributed by atoms with Crippen LogP contribution in [0, 0.1) is 0 Å². The highest BCUT2D eigenvalue weighted by atomic mass is 16.3. The van der Waals surface area contributed by atoms with Crippen molar-refractivity contribution in [2.45, 2.75) is 51.2 Å². The fraction of sp³-hybridized carbons (Fsp3) is 0.688. The zero-order chi connectivity index (χ0) is 15.1. The molecule has 1 aromatic heterocycles. The summed E-state index contributed by atoms with van der Waals surface area (Å²) >= 11 is 0. The van der Waals surface area contributed by atoms with Gasteiger partial charge >= 0.3 is 0 Å². The van der Waals surface area contributed by atoms with Gasteiger partial charge in [0.1, 0.15) is 0 Å². The van der Waals surface area contributed by atoms with Crippen molar-refractivity contribution in [2.75, 3.05) is 13.1 Å². The fourth-order valence-electron chi connectivity index (χ4n) is 2.80. The van der Waals surface area contributed by atoms with E-state index in [0.29, 0.717) is 13.1 Å². The highest BCUT2D eigenvalue weighted by molar-refractivity contribution is 5.79. The predicted molar refractivity (Wildman–Crippen MR) is 86.3 cm³/mol. The Hall–Kier alpha value is -1.49. The third-order valence-corrected chi connectivity index (χ3v) is 4.03. The number of aromatic nitrogens is 1. The standard InChI is InChI=1S/C16H28N4O/c1-3-17-15(18-11-14-7-10-20(2)12-14)19-13-16(21)8-5-4-6-9-16/h7,10,12,21H,3-6,8-9,11,13H2,1-2H3,(H2,17,18,19). The topological polar surface area (TPSA) is 61.6 Å². The van der Waals surface area contributed by atoms with Crippen LogP contribution >= 0.6 is 0 Å². The lowest BCUT2D eigenvalue weighted by Gasteiger charge is -2.32. The molecule has 1 aromatic rings. The molecule has 0 atom stereocenters. The molecule has 1 aliphatic rings. The van der Waals surface area contributed by atoms with Crippen molar-refractivity contribution in [1.82, 2.24) is 15.2 Å². The van der Waals surface area contributed by atoms with Gasteiger partial charge in [-0.1, -0.05) is 19.3 Å². The summed E-state index contributed by atoms with van der Waals surface area (Å²) in [5.74, 6) is 0.778. The summed E-state index contributed by atoms with van der Waals surface area (Å²) < 4.78 is 2.02. The molecule has 3 N–H and O–H groups in total. The second kappa shape index (κ2) is 7.50. The van der Waals surface area contributed by atoms with Crippen molar-refractivity contribution in [1.29, 1.82) is 0 Å². The van der Waals surface area contributed by atoms with E-state index in [1.807, 2.05) is 17.8 Å². The van der Waals surface area contributed by atoms with Crippen molar-refractivity contribution in [3.8, 4) is 0 Å². The maximum absolute atomic E-state index is 10.5. The molecule has 5 nitrogen and oxygen atoms in total. The number of guanidine groups is 1. The molecule has 0 aromatic carbocycles. The first-order valence-electron chi connectivity index (χ1n) is 7.97. The number of nitrogens with zero attached hydrogens (tertiary/aromatic N) is 2. The van der Waals surface area contributed by atoms with E-state index in [4.69, 9.17) is 0 Å². The first-order chi connectivity index (χ1) is 10.1. The third-order valence-electron chi connectivity index (χ3n) is 4.03. The van der Waals surface area contributed by atoms with Gasteiger partial charge in [0.15, 0.2) is 5.96 Å². The molecule has 21 heavy (non-hydrogen) atoms. The van der Waals surface area contributed by atoms with E-state index in [2.05, 4.69) is 34.8 Å². The molecule has 1 aliphatic carbocycles. The lowest BCUT2D eigenvalue weighted by atomic mass is 9.85. The Balaban J connectivity index is 1.88. The number of aliphatic imine (C=N–C) groups is 1. The largest absolute Gasteiger partial charge is 0.388 e. The van der Waals surface area contributed by atoms with Crippen LogP contribution in [-0.4, -0.2) is 34.3 Å². The minimum absolute atomic E-state index is 0.568. The minimum Gasteiger partial charge on any atom is -0.388 e. The highest BCUT2D eigenvalue weighted by Crippen LogP contribution is 2.27. The summed E-state index contributed by atoms with van der Waals surface area (Å²) in [4.78, 5) is 4.58. The van der Waals surface area contributed by atoms with Gasteiger partial charge in [0, 0.05) is 32.5 Å². The smallest absolute Gasteiger partial charge is 0.191 e. The maximum Gasteiger partial charge on any atom is 0.191 e. The number of rotatable bonds is 5. The molecule has 0 unspecified atom stereocenters. The minimum atomic E-state index is -0.568. The molecule has 0 spiro atoms. The van der Waals surface area contributed by atoms with Crippen molar-refractivity contribution in [3.05, 3.63) is 24.0 Å². The number of hydrogen-bond donors (Lipinski definition) is 3. The van der Waals surface area contributed by atoms with Crippen LogP contribution in [0.2, 0.25) is 0 Å². The van der Waals surface area contributed by atoms with Crippen LogP contribution in [0.5, 0.6) is 0 Å². The Bertz CT molecular complexity index is 461. The van der Waals surface area contributed by atoms with E-state index >= 15 is 0 Å². The molecule has 2 rings (SSSR count). The third kappa shape index (κ3) is 5.08. The van der Waals surface area contributed by atoms with E-state index in [9.17, 15) is 5.11 Å². The summed E-state index contributed by atoms with van der Waals surface area (Å²) in [6, 6.07) is 2.07. The van der Waals surface area contributed by atoms with Gasteiger partial charge in [-0.15, -0.1) is 0 Å². The molecule has 0 amide bonds. The monoisotopic (exact) mass is 292 g/mol. The average Bonchev–Trinajstić information content (AvgIpc) is 2.88.